The molecule has 3 aromatic rings. The summed E-state index contributed by atoms with van der Waals surface area (Å²) in [6, 6.07) is 7.94. The molecule has 2 unspecified atom stereocenters. The summed E-state index contributed by atoms with van der Waals surface area (Å²) >= 11 is 0. The molecule has 0 radical (unpaired) electrons. The van der Waals surface area contributed by atoms with Gasteiger partial charge in [-0.3, -0.25) is 14.4 Å². The van der Waals surface area contributed by atoms with Crippen LogP contribution in [0.2, 0.25) is 0 Å². The number of aromatic nitrogens is 1. The van der Waals surface area contributed by atoms with Crippen molar-refractivity contribution < 1.29 is 46.2 Å². The summed E-state index contributed by atoms with van der Waals surface area (Å²) in [7, 11) is 0. The van der Waals surface area contributed by atoms with E-state index >= 15 is 0 Å². The van der Waals surface area contributed by atoms with Gasteiger partial charge >= 0.3 is 12.3 Å². The van der Waals surface area contributed by atoms with Crippen LogP contribution in [-0.2, 0) is 49.3 Å². The average Bonchev–Trinajstić information content (AvgIpc) is 3.53. The van der Waals surface area contributed by atoms with E-state index in [1.807, 2.05) is 20.8 Å². The van der Waals surface area contributed by atoms with Crippen molar-refractivity contribution in [2.75, 3.05) is 19.8 Å². The van der Waals surface area contributed by atoms with E-state index in [0.717, 1.165) is 6.07 Å². The second kappa shape index (κ2) is 17.9. The molecule has 11 nitrogen and oxygen atoms in total. The fraction of sp³-hybridized carbons (Fsp3) is 0.550. The van der Waals surface area contributed by atoms with E-state index in [1.165, 1.54) is 24.3 Å². The molecule has 1 aliphatic carbocycles. The highest BCUT2D eigenvalue weighted by molar-refractivity contribution is 5.97. The summed E-state index contributed by atoms with van der Waals surface area (Å²) in [4.78, 5) is 58.0. The molecule has 0 spiro atoms. The quantitative estimate of drug-likeness (QED) is 0.129. The van der Waals surface area contributed by atoms with Crippen LogP contribution in [0, 0.1) is 17.7 Å². The highest BCUT2D eigenvalue weighted by Crippen LogP contribution is 2.40. The molecular formula is C40H51F4N5O6. The van der Waals surface area contributed by atoms with Crippen molar-refractivity contribution >= 4 is 34.7 Å². The first-order valence-corrected chi connectivity index (χ1v) is 19.0. The first kappa shape index (κ1) is 41.5. The molecule has 0 saturated carbocycles. The molecule has 2 aromatic carbocycles. The number of para-hydroxylation sites is 1. The number of hydrogen-bond donors (Lipinski definition) is 5. The Balaban J connectivity index is 1.44. The Kier molecular flexibility index (Phi) is 13.5. The Morgan fingerprint density at radius 2 is 1.69 bits per heavy atom. The third kappa shape index (κ3) is 9.96. The molecule has 5 rings (SSSR count). The van der Waals surface area contributed by atoms with Gasteiger partial charge in [0.25, 0.3) is 0 Å². The Morgan fingerprint density at radius 3 is 2.36 bits per heavy atom. The summed E-state index contributed by atoms with van der Waals surface area (Å²) in [6.45, 7) is 8.43. The van der Waals surface area contributed by atoms with E-state index in [2.05, 4.69) is 26.3 Å². The third-order valence-corrected chi connectivity index (χ3v) is 11.1. The number of nitrogens with one attached hydrogen (secondary N) is 5. The van der Waals surface area contributed by atoms with E-state index in [4.69, 9.17) is 9.47 Å². The zero-order chi connectivity index (χ0) is 39.9. The Morgan fingerprint density at radius 1 is 0.982 bits per heavy atom. The minimum atomic E-state index is -4.64. The number of hydrogen-bond acceptors (Lipinski definition) is 6. The van der Waals surface area contributed by atoms with E-state index in [-0.39, 0.29) is 60.7 Å². The summed E-state index contributed by atoms with van der Waals surface area (Å²) in [6.07, 6.45) is -3.65. The lowest BCUT2D eigenvalue weighted by Gasteiger charge is -2.40. The standard InChI is InChI=1S/C40H51F4N5O6/c1-5-23(3)32(22-45-38(53)55-26-15-18-54-19-16-26)47-37(52)39(17-14-31-28(21-39)27-11-9-12-29(35(27)46-31)40(42,43)44)49-36(51)34(24(4)6-2)48-33(50)20-25-10-7-8-13-30(25)41/h7-13,23-24,26,32,34,46H,5-6,14-22H2,1-4H3,(H,45,53)(H,47,52)(H,48,50)(H,49,51)/t23?,24?,32-,34+,39-/m1/s1. The van der Waals surface area contributed by atoms with Gasteiger partial charge in [0.15, 0.2) is 0 Å². The Labute approximate surface area is 318 Å². The number of carbonyl (C=O) groups is 4. The molecule has 1 aromatic heterocycles. The number of benzene rings is 2. The lowest BCUT2D eigenvalue weighted by Crippen LogP contribution is -2.66. The highest BCUT2D eigenvalue weighted by atomic mass is 19.4. The molecule has 4 amide bonds. The Bertz CT molecular complexity index is 1840. The SMILES string of the molecule is CCC(C)[C@H](NC(=O)Cc1ccccc1F)C(=O)N[C@]1(C(=O)N[C@H](CNC(=O)OC2CCOCC2)C(C)CC)CCc2[nH]c3c(C(F)(F)F)cccc3c2C1. The summed E-state index contributed by atoms with van der Waals surface area (Å²) in [5, 5.41) is 11.8. The van der Waals surface area contributed by atoms with Crippen LogP contribution in [0.1, 0.15) is 82.2 Å². The van der Waals surface area contributed by atoms with Gasteiger partial charge in [-0.2, -0.15) is 13.2 Å². The predicted molar refractivity (Wildman–Crippen MR) is 197 cm³/mol. The second-order valence-electron chi connectivity index (χ2n) is 14.8. The molecule has 5 atom stereocenters. The number of alkyl halides is 3. The number of amides is 4. The molecule has 5 N–H and O–H groups in total. The number of rotatable bonds is 14. The molecule has 1 fully saturated rings. The zero-order valence-corrected chi connectivity index (χ0v) is 31.7. The van der Waals surface area contributed by atoms with Gasteiger partial charge < -0.3 is 35.7 Å². The summed E-state index contributed by atoms with van der Waals surface area (Å²) in [5.74, 6) is -2.97. The minimum Gasteiger partial charge on any atom is -0.446 e. The van der Waals surface area contributed by atoms with Gasteiger partial charge in [-0.1, -0.05) is 70.9 Å². The van der Waals surface area contributed by atoms with Gasteiger partial charge in [0.2, 0.25) is 17.7 Å². The molecule has 1 aliphatic heterocycles. The van der Waals surface area contributed by atoms with Crippen molar-refractivity contribution in [2.45, 2.75) is 109 Å². The molecule has 300 valence electrons. The van der Waals surface area contributed by atoms with Crippen molar-refractivity contribution in [2.24, 2.45) is 11.8 Å². The first-order chi connectivity index (χ1) is 26.2. The molecule has 15 heteroatoms. The molecule has 0 bridgehead atoms. The van der Waals surface area contributed by atoms with Crippen LogP contribution < -0.4 is 21.3 Å². The van der Waals surface area contributed by atoms with Crippen LogP contribution in [0.4, 0.5) is 22.4 Å². The smallest absolute Gasteiger partial charge is 0.418 e. The normalized spacial score (nSPS) is 19.7. The van der Waals surface area contributed by atoms with E-state index in [0.29, 0.717) is 50.2 Å². The van der Waals surface area contributed by atoms with Gasteiger partial charge in [0, 0.05) is 42.9 Å². The number of fused-ring (bicyclic) bond motifs is 3. The topological polar surface area (TPSA) is 151 Å². The van der Waals surface area contributed by atoms with Gasteiger partial charge in [0.05, 0.1) is 30.7 Å². The lowest BCUT2D eigenvalue weighted by atomic mass is 9.78. The monoisotopic (exact) mass is 773 g/mol. The summed E-state index contributed by atoms with van der Waals surface area (Å²) in [5.41, 5.74) is -1.47. The lowest BCUT2D eigenvalue weighted by molar-refractivity contribution is -0.137. The van der Waals surface area contributed by atoms with Gasteiger partial charge in [0.1, 0.15) is 23.5 Å². The van der Waals surface area contributed by atoms with E-state index in [1.54, 1.807) is 19.1 Å². The predicted octanol–water partition coefficient (Wildman–Crippen LogP) is 5.88. The van der Waals surface area contributed by atoms with Gasteiger partial charge in [-0.25, -0.2) is 9.18 Å². The maximum absolute atomic E-state index is 14.7. The number of aromatic amines is 1. The van der Waals surface area contributed by atoms with E-state index < -0.39 is 64.9 Å². The second-order valence-corrected chi connectivity index (χ2v) is 14.8. The van der Waals surface area contributed by atoms with Crippen LogP contribution >= 0.6 is 0 Å². The molecule has 2 heterocycles. The van der Waals surface area contributed by atoms with Crippen LogP contribution in [0.3, 0.4) is 0 Å². The maximum Gasteiger partial charge on any atom is 0.418 e. The average molecular weight is 774 g/mol. The molecule has 1 saturated heterocycles. The third-order valence-electron chi connectivity index (χ3n) is 11.1. The number of halogens is 4. The van der Waals surface area contributed by atoms with Crippen molar-refractivity contribution in [3.05, 3.63) is 70.7 Å². The van der Waals surface area contributed by atoms with Crippen molar-refractivity contribution in [3.63, 3.8) is 0 Å². The van der Waals surface area contributed by atoms with Crippen molar-refractivity contribution in [1.29, 1.82) is 0 Å². The number of carbonyl (C=O) groups excluding carboxylic acids is 4. The van der Waals surface area contributed by atoms with Crippen molar-refractivity contribution in [3.8, 4) is 0 Å². The largest absolute Gasteiger partial charge is 0.446 e. The van der Waals surface area contributed by atoms with Crippen LogP contribution in [0.5, 0.6) is 0 Å². The van der Waals surface area contributed by atoms with Gasteiger partial charge in [-0.05, 0) is 47.9 Å². The molecule has 2 aliphatic rings. The first-order valence-electron chi connectivity index (χ1n) is 19.0. The van der Waals surface area contributed by atoms with Crippen LogP contribution in [0.25, 0.3) is 10.9 Å². The number of alkyl carbamates (subject to hydrolysis) is 1. The Hall–Kier alpha value is -4.66. The minimum absolute atomic E-state index is 0.0156. The summed E-state index contributed by atoms with van der Waals surface area (Å²) < 4.78 is 67.5. The van der Waals surface area contributed by atoms with Crippen LogP contribution in [0.15, 0.2) is 42.5 Å². The molecular weight excluding hydrogens is 722 g/mol. The number of H-pyrrole nitrogens is 1. The van der Waals surface area contributed by atoms with E-state index in [9.17, 15) is 36.7 Å². The van der Waals surface area contributed by atoms with Crippen molar-refractivity contribution in [1.82, 2.24) is 26.3 Å². The highest BCUT2D eigenvalue weighted by Gasteiger charge is 2.47. The van der Waals surface area contributed by atoms with Crippen LogP contribution in [-0.4, -0.2) is 72.3 Å². The number of ether oxygens (including phenoxy) is 2. The fourth-order valence-corrected chi connectivity index (χ4v) is 7.29. The fourth-order valence-electron chi connectivity index (χ4n) is 7.29. The number of aryl methyl sites for hydroxylation is 1. The van der Waals surface area contributed by atoms with Gasteiger partial charge in [-0.15, -0.1) is 0 Å². The maximum atomic E-state index is 14.7. The zero-order valence-electron chi connectivity index (χ0n) is 31.7. The molecule has 55 heavy (non-hydrogen) atoms.